The zero-order valence-electron chi connectivity index (χ0n) is 11.2. The summed E-state index contributed by atoms with van der Waals surface area (Å²) in [5, 5.41) is 25.0. The predicted molar refractivity (Wildman–Crippen MR) is 69.0 cm³/mol. The molecule has 0 aliphatic carbocycles. The van der Waals surface area contributed by atoms with Gasteiger partial charge in [-0.3, -0.25) is 25.7 Å². The normalized spacial score (nSPS) is 11.3. The molecule has 0 aliphatic rings. The largest absolute Gasteiger partial charge is 1.00 e. The van der Waals surface area contributed by atoms with Crippen molar-refractivity contribution in [1.29, 1.82) is 0 Å². The van der Waals surface area contributed by atoms with Crippen molar-refractivity contribution in [2.45, 2.75) is 6.92 Å². The van der Waals surface area contributed by atoms with Crippen LogP contribution in [0.5, 0.6) is 0 Å². The van der Waals surface area contributed by atoms with Gasteiger partial charge >= 0.3 is 43.3 Å². The van der Waals surface area contributed by atoms with Gasteiger partial charge in [0, 0.05) is 6.07 Å². The molecule has 10 nitrogen and oxygen atoms in total. The number of non-ortho nitro benzene ring substituents is 1. The minimum atomic E-state index is -2.65. The average molecular weight is 323 g/mol. The molecule has 0 aliphatic heterocycles. The first-order valence-corrected chi connectivity index (χ1v) is 6.51. The Morgan fingerprint density at radius 3 is 2.43 bits per heavy atom. The fraction of sp³-hybridized carbons (Fsp3) is 0.222. The van der Waals surface area contributed by atoms with E-state index in [2.05, 4.69) is 10.5 Å². The molecule has 1 N–H and O–H groups in total. The van der Waals surface area contributed by atoms with Crippen LogP contribution in [0, 0.1) is 20.2 Å². The maximum atomic E-state index is 10.8. The van der Waals surface area contributed by atoms with Gasteiger partial charge in [-0.1, -0.05) is 4.57 Å². The molecule has 0 amide bonds. The van der Waals surface area contributed by atoms with Gasteiger partial charge < -0.3 is 4.89 Å². The number of rotatable bonds is 6. The van der Waals surface area contributed by atoms with Gasteiger partial charge in [0.25, 0.3) is 5.69 Å². The maximum Gasteiger partial charge on any atom is 1.00 e. The summed E-state index contributed by atoms with van der Waals surface area (Å²) in [5.41, 5.74) is 1.51. The average Bonchev–Trinajstić information content (AvgIpc) is 2.35. The van der Waals surface area contributed by atoms with Crippen molar-refractivity contribution in [2.24, 2.45) is 5.10 Å². The van der Waals surface area contributed by atoms with Crippen LogP contribution in [-0.2, 0) is 4.57 Å². The molecule has 0 aromatic heterocycles. The Labute approximate surface area is 141 Å². The SMILES string of the molecule is CC(C[P+](=O)[O-])=NNc1ccc([N+](=O)[O-])cc1[N+](=O)[O-].[Na+]. The molecular weight excluding hydrogens is 314 g/mol. The van der Waals surface area contributed by atoms with E-state index in [0.29, 0.717) is 0 Å². The summed E-state index contributed by atoms with van der Waals surface area (Å²) in [6.45, 7) is 1.43. The molecule has 1 atom stereocenters. The fourth-order valence-corrected chi connectivity index (χ4v) is 1.70. The van der Waals surface area contributed by atoms with Gasteiger partial charge in [0.1, 0.15) is 5.69 Å². The zero-order valence-corrected chi connectivity index (χ0v) is 14.1. The van der Waals surface area contributed by atoms with Gasteiger partial charge in [-0.15, -0.1) is 0 Å². The van der Waals surface area contributed by atoms with E-state index in [1.807, 2.05) is 0 Å². The summed E-state index contributed by atoms with van der Waals surface area (Å²) in [6.07, 6.45) is -0.289. The molecule has 106 valence electrons. The van der Waals surface area contributed by atoms with E-state index < -0.39 is 29.2 Å². The standard InChI is InChI=1S/C9H9N4O6P.Na/c1-6(5-20(18)19)10-11-8-3-2-7(12(14)15)4-9(8)13(16)17;/h2-4,11H,5H2,1H3;/q;+1. The molecule has 0 saturated heterocycles. The van der Waals surface area contributed by atoms with E-state index in [0.717, 1.165) is 18.2 Å². The molecule has 0 spiro atoms. The van der Waals surface area contributed by atoms with E-state index in [-0.39, 0.29) is 47.1 Å². The molecule has 1 unspecified atom stereocenters. The van der Waals surface area contributed by atoms with E-state index >= 15 is 0 Å². The van der Waals surface area contributed by atoms with Crippen LogP contribution in [0.15, 0.2) is 23.3 Å². The number of nitrogens with zero attached hydrogens (tertiary/aromatic N) is 3. The molecular formula is C9H9N4NaO6P+. The van der Waals surface area contributed by atoms with Crippen LogP contribution < -0.4 is 39.9 Å². The van der Waals surface area contributed by atoms with Crippen LogP contribution in [0.3, 0.4) is 0 Å². The van der Waals surface area contributed by atoms with Crippen LogP contribution in [0.1, 0.15) is 6.92 Å². The number of nitro benzene ring substituents is 2. The Kier molecular flexibility index (Phi) is 8.15. The Hall–Kier alpha value is -1.45. The number of nitrogens with one attached hydrogen (secondary N) is 1. The number of hydrazone groups is 1. The number of nitro groups is 2. The molecule has 0 saturated carbocycles. The number of hydrogen-bond donors (Lipinski definition) is 1. The third-order valence-electron chi connectivity index (χ3n) is 2.11. The maximum absolute atomic E-state index is 10.8. The van der Waals surface area contributed by atoms with Crippen LogP contribution in [-0.4, -0.2) is 21.7 Å². The molecule has 1 aromatic carbocycles. The first kappa shape index (κ1) is 19.6. The van der Waals surface area contributed by atoms with Gasteiger partial charge in [0.2, 0.25) is 0 Å². The molecule has 1 aromatic rings. The van der Waals surface area contributed by atoms with Gasteiger partial charge in [-0.05, 0) is 13.0 Å². The van der Waals surface area contributed by atoms with Crippen molar-refractivity contribution in [2.75, 3.05) is 11.6 Å². The van der Waals surface area contributed by atoms with Crippen molar-refractivity contribution in [3.8, 4) is 0 Å². The Balaban J connectivity index is 0.00000400. The van der Waals surface area contributed by atoms with Crippen LogP contribution >= 0.6 is 8.03 Å². The second-order valence-corrected chi connectivity index (χ2v) is 4.65. The van der Waals surface area contributed by atoms with Crippen molar-refractivity contribution in [3.05, 3.63) is 38.4 Å². The summed E-state index contributed by atoms with van der Waals surface area (Å²) in [5.74, 6) is 0. The molecule has 12 heteroatoms. The summed E-state index contributed by atoms with van der Waals surface area (Å²) in [6, 6.07) is 3.00. The van der Waals surface area contributed by atoms with Crippen molar-refractivity contribution < 1.29 is 48.9 Å². The number of hydrogen-bond acceptors (Lipinski definition) is 8. The van der Waals surface area contributed by atoms with E-state index in [4.69, 9.17) is 0 Å². The van der Waals surface area contributed by atoms with Crippen molar-refractivity contribution in [3.63, 3.8) is 0 Å². The summed E-state index contributed by atoms with van der Waals surface area (Å²) >= 11 is 0. The van der Waals surface area contributed by atoms with Crippen LogP contribution in [0.2, 0.25) is 0 Å². The minimum absolute atomic E-state index is 0. The topological polar surface area (TPSA) is 151 Å². The molecule has 1 rings (SSSR count). The van der Waals surface area contributed by atoms with Crippen molar-refractivity contribution >= 4 is 30.8 Å². The Morgan fingerprint density at radius 1 is 1.33 bits per heavy atom. The van der Waals surface area contributed by atoms with E-state index in [9.17, 15) is 29.7 Å². The second-order valence-electron chi connectivity index (χ2n) is 3.67. The van der Waals surface area contributed by atoms with Gasteiger partial charge in [-0.2, -0.15) is 5.10 Å². The number of anilines is 1. The first-order valence-electron chi connectivity index (χ1n) is 5.15. The van der Waals surface area contributed by atoms with Crippen LogP contribution in [0.25, 0.3) is 0 Å². The molecule has 0 fully saturated rings. The molecule has 0 heterocycles. The Morgan fingerprint density at radius 2 is 1.95 bits per heavy atom. The third-order valence-corrected chi connectivity index (χ3v) is 2.83. The fourth-order valence-electron chi connectivity index (χ4n) is 1.26. The van der Waals surface area contributed by atoms with Gasteiger partial charge in [-0.25, -0.2) is 0 Å². The zero-order chi connectivity index (χ0) is 15.3. The molecule has 0 bridgehead atoms. The summed E-state index contributed by atoms with van der Waals surface area (Å²) < 4.78 is 10.5. The summed E-state index contributed by atoms with van der Waals surface area (Å²) in [4.78, 5) is 30.3. The quantitative estimate of drug-likeness (QED) is 0.217. The monoisotopic (exact) mass is 323 g/mol. The second kappa shape index (κ2) is 8.75. The van der Waals surface area contributed by atoms with Gasteiger partial charge in [0.15, 0.2) is 6.16 Å². The molecule has 0 radical (unpaired) electrons. The van der Waals surface area contributed by atoms with Crippen molar-refractivity contribution in [1.82, 2.24) is 0 Å². The van der Waals surface area contributed by atoms with Crippen LogP contribution in [0.4, 0.5) is 17.1 Å². The predicted octanol–water partition coefficient (Wildman–Crippen LogP) is -1.60. The first-order chi connectivity index (χ1) is 9.31. The smallest absolute Gasteiger partial charge is 0.595 e. The van der Waals surface area contributed by atoms with E-state index in [1.54, 1.807) is 0 Å². The third kappa shape index (κ3) is 6.23. The Bertz CT molecular complexity index is 608. The minimum Gasteiger partial charge on any atom is -0.595 e. The van der Waals surface area contributed by atoms with E-state index in [1.165, 1.54) is 6.92 Å². The number of benzene rings is 1. The summed E-state index contributed by atoms with van der Waals surface area (Å²) in [7, 11) is -2.65. The molecule has 21 heavy (non-hydrogen) atoms. The van der Waals surface area contributed by atoms with Gasteiger partial charge in [0.05, 0.1) is 21.6 Å².